The molecule has 0 aromatic heterocycles. The molecule has 3 amide bonds. The van der Waals surface area contributed by atoms with Gasteiger partial charge in [0.2, 0.25) is 0 Å². The molecule has 2 unspecified atom stereocenters. The Hall–Kier alpha value is -2.32. The normalized spacial score (nSPS) is 24.0. The molecule has 8 nitrogen and oxygen atoms in total. The lowest BCUT2D eigenvalue weighted by Gasteiger charge is -2.40. The van der Waals surface area contributed by atoms with Crippen molar-refractivity contribution in [2.45, 2.75) is 51.4 Å². The number of aliphatic imine (C=N–C) groups is 1. The van der Waals surface area contributed by atoms with Crippen LogP contribution in [-0.2, 0) is 11.3 Å². The summed E-state index contributed by atoms with van der Waals surface area (Å²) in [5, 5.41) is 3.25. The van der Waals surface area contributed by atoms with Crippen LogP contribution in [0.25, 0.3) is 0 Å². The van der Waals surface area contributed by atoms with Crippen LogP contribution in [0.5, 0.6) is 0 Å². The summed E-state index contributed by atoms with van der Waals surface area (Å²) in [6.07, 6.45) is 4.04. The van der Waals surface area contributed by atoms with Gasteiger partial charge < -0.3 is 14.7 Å². The number of guanidine groups is 1. The molecule has 3 heterocycles. The minimum atomic E-state index is -0.454. The summed E-state index contributed by atoms with van der Waals surface area (Å²) in [6.45, 7) is 7.39. The second-order valence-electron chi connectivity index (χ2n) is 8.84. The first kappa shape index (κ1) is 22.9. The number of fused-ring (bicyclic) bond motifs is 1. The molecule has 174 valence electrons. The number of likely N-dealkylation sites (N-methyl/N-ethyl adjacent to an activating group) is 1. The van der Waals surface area contributed by atoms with Crippen molar-refractivity contribution < 1.29 is 9.59 Å². The zero-order valence-electron chi connectivity index (χ0n) is 19.0. The quantitative estimate of drug-likeness (QED) is 0.633. The fourth-order valence-corrected chi connectivity index (χ4v) is 4.80. The summed E-state index contributed by atoms with van der Waals surface area (Å²) in [6, 6.07) is 7.19. The Labute approximate surface area is 195 Å². The number of hydrogen-bond acceptors (Lipinski definition) is 6. The number of piperazine rings is 1. The van der Waals surface area contributed by atoms with Gasteiger partial charge in [0.05, 0.1) is 0 Å². The van der Waals surface area contributed by atoms with Crippen molar-refractivity contribution in [2.75, 3.05) is 39.8 Å². The fraction of sp³-hybridized carbons (Fsp3) is 0.609. The van der Waals surface area contributed by atoms with Crippen molar-refractivity contribution in [2.24, 2.45) is 4.99 Å². The van der Waals surface area contributed by atoms with Crippen LogP contribution in [0.15, 0.2) is 29.3 Å². The average molecular weight is 461 g/mol. The molecule has 0 saturated carbocycles. The molecular formula is C23H33ClN6O2. The monoisotopic (exact) mass is 460 g/mol. The maximum absolute atomic E-state index is 12.7. The Morgan fingerprint density at radius 3 is 2.47 bits per heavy atom. The van der Waals surface area contributed by atoms with Gasteiger partial charge in [0.1, 0.15) is 0 Å². The second-order valence-corrected chi connectivity index (χ2v) is 9.27. The molecule has 1 aromatic carbocycles. The van der Waals surface area contributed by atoms with Crippen molar-refractivity contribution in [3.63, 3.8) is 0 Å². The molecule has 9 heteroatoms. The van der Waals surface area contributed by atoms with Gasteiger partial charge >= 0.3 is 6.03 Å². The van der Waals surface area contributed by atoms with Gasteiger partial charge in [0, 0.05) is 51.3 Å². The number of amides is 3. The summed E-state index contributed by atoms with van der Waals surface area (Å²) in [4.78, 5) is 38.2. The van der Waals surface area contributed by atoms with Crippen LogP contribution >= 0.6 is 11.6 Å². The molecule has 0 radical (unpaired) electrons. The summed E-state index contributed by atoms with van der Waals surface area (Å²) in [7, 11) is 1.71. The van der Waals surface area contributed by atoms with E-state index >= 15 is 0 Å². The number of nitrogens with zero attached hydrogens (tertiary/aromatic N) is 5. The van der Waals surface area contributed by atoms with E-state index in [1.165, 1.54) is 18.4 Å². The van der Waals surface area contributed by atoms with Gasteiger partial charge in [-0.3, -0.25) is 15.0 Å². The molecule has 3 aliphatic heterocycles. The topological polar surface area (TPSA) is 71.5 Å². The van der Waals surface area contributed by atoms with E-state index in [4.69, 9.17) is 16.6 Å². The molecule has 0 bridgehead atoms. The SMILES string of the molecule is CCCCCCN1C(N2CCN(Cc3ccc(Cl)cc3)CC2)=NC2C1C(=O)NC(=O)N2C. The highest BCUT2D eigenvalue weighted by molar-refractivity contribution is 6.30. The maximum Gasteiger partial charge on any atom is 0.325 e. The van der Waals surface area contributed by atoms with Crippen LogP contribution in [0.2, 0.25) is 5.02 Å². The van der Waals surface area contributed by atoms with Gasteiger partial charge in [-0.2, -0.15) is 0 Å². The minimum absolute atomic E-state index is 0.242. The lowest BCUT2D eigenvalue weighted by Crippen LogP contribution is -2.64. The third-order valence-corrected chi connectivity index (χ3v) is 6.82. The van der Waals surface area contributed by atoms with Crippen molar-refractivity contribution in [1.29, 1.82) is 0 Å². The maximum atomic E-state index is 12.7. The zero-order chi connectivity index (χ0) is 22.7. The van der Waals surface area contributed by atoms with Gasteiger partial charge in [-0.15, -0.1) is 0 Å². The first-order chi connectivity index (χ1) is 15.5. The average Bonchev–Trinajstić information content (AvgIpc) is 3.17. The Bertz CT molecular complexity index is 853. The molecule has 4 rings (SSSR count). The molecule has 2 saturated heterocycles. The van der Waals surface area contributed by atoms with Crippen molar-refractivity contribution in [3.8, 4) is 0 Å². The fourth-order valence-electron chi connectivity index (χ4n) is 4.68. The largest absolute Gasteiger partial charge is 0.340 e. The summed E-state index contributed by atoms with van der Waals surface area (Å²) >= 11 is 6.00. The smallest absolute Gasteiger partial charge is 0.325 e. The van der Waals surface area contributed by atoms with Crippen LogP contribution in [0.3, 0.4) is 0 Å². The third-order valence-electron chi connectivity index (χ3n) is 6.57. The van der Waals surface area contributed by atoms with E-state index in [-0.39, 0.29) is 11.9 Å². The lowest BCUT2D eigenvalue weighted by molar-refractivity contribution is -0.127. The summed E-state index contributed by atoms with van der Waals surface area (Å²) in [5.74, 6) is 0.619. The Morgan fingerprint density at radius 1 is 1.06 bits per heavy atom. The predicted molar refractivity (Wildman–Crippen MR) is 125 cm³/mol. The number of benzene rings is 1. The molecule has 0 aliphatic carbocycles. The highest BCUT2D eigenvalue weighted by Gasteiger charge is 2.49. The number of hydrogen-bond donors (Lipinski definition) is 1. The Kier molecular flexibility index (Phi) is 7.20. The van der Waals surface area contributed by atoms with E-state index < -0.39 is 12.2 Å². The minimum Gasteiger partial charge on any atom is -0.340 e. The van der Waals surface area contributed by atoms with Gasteiger partial charge in [0.15, 0.2) is 18.2 Å². The number of nitrogens with one attached hydrogen (secondary N) is 1. The van der Waals surface area contributed by atoms with E-state index in [0.717, 1.165) is 63.1 Å². The summed E-state index contributed by atoms with van der Waals surface area (Å²) < 4.78 is 0. The molecule has 2 fully saturated rings. The van der Waals surface area contributed by atoms with Crippen LogP contribution in [0.4, 0.5) is 4.79 Å². The first-order valence-electron chi connectivity index (χ1n) is 11.6. The number of halogens is 1. The van der Waals surface area contributed by atoms with Crippen molar-refractivity contribution in [3.05, 3.63) is 34.9 Å². The molecule has 1 aromatic rings. The van der Waals surface area contributed by atoms with Gasteiger partial charge in [0.25, 0.3) is 5.91 Å². The van der Waals surface area contributed by atoms with Crippen LogP contribution in [-0.4, -0.2) is 89.5 Å². The molecular weight excluding hydrogens is 428 g/mol. The van der Waals surface area contributed by atoms with Crippen molar-refractivity contribution in [1.82, 2.24) is 24.9 Å². The second kappa shape index (κ2) is 10.1. The number of urea groups is 1. The molecule has 2 atom stereocenters. The van der Waals surface area contributed by atoms with Crippen molar-refractivity contribution >= 4 is 29.5 Å². The van der Waals surface area contributed by atoms with Crippen LogP contribution in [0, 0.1) is 0 Å². The highest BCUT2D eigenvalue weighted by atomic mass is 35.5. The van der Waals surface area contributed by atoms with E-state index in [2.05, 4.69) is 39.1 Å². The van der Waals surface area contributed by atoms with Crippen LogP contribution < -0.4 is 5.32 Å². The molecule has 0 spiro atoms. The highest BCUT2D eigenvalue weighted by Crippen LogP contribution is 2.27. The number of carbonyl (C=O) groups excluding carboxylic acids is 2. The lowest BCUT2D eigenvalue weighted by atomic mass is 10.1. The van der Waals surface area contributed by atoms with E-state index in [1.807, 2.05) is 12.1 Å². The van der Waals surface area contributed by atoms with E-state index in [1.54, 1.807) is 11.9 Å². The molecule has 1 N–H and O–H groups in total. The van der Waals surface area contributed by atoms with Gasteiger partial charge in [-0.1, -0.05) is 49.9 Å². The Balaban J connectivity index is 1.43. The van der Waals surface area contributed by atoms with Crippen LogP contribution in [0.1, 0.15) is 38.2 Å². The summed E-state index contributed by atoms with van der Waals surface area (Å²) in [5.41, 5.74) is 1.25. The van der Waals surface area contributed by atoms with Gasteiger partial charge in [-0.25, -0.2) is 9.79 Å². The zero-order valence-corrected chi connectivity index (χ0v) is 19.7. The van der Waals surface area contributed by atoms with E-state index in [9.17, 15) is 9.59 Å². The number of carbonyl (C=O) groups is 2. The number of unbranched alkanes of at least 4 members (excludes halogenated alkanes) is 3. The third kappa shape index (κ3) is 4.86. The number of imide groups is 1. The molecule has 3 aliphatic rings. The molecule has 32 heavy (non-hydrogen) atoms. The standard InChI is InChI=1S/C23H33ClN6O2/c1-3-4-5-6-11-30-19-20(27(2)23(32)26-21(19)31)25-22(30)29-14-12-28(13-15-29)16-17-7-9-18(24)10-8-17/h7-10,19-20H,3-6,11-16H2,1-2H3,(H,26,31,32). The number of rotatable bonds is 7. The van der Waals surface area contributed by atoms with Gasteiger partial charge in [-0.05, 0) is 24.1 Å². The van der Waals surface area contributed by atoms with E-state index in [0.29, 0.717) is 0 Å². The Morgan fingerprint density at radius 2 is 1.78 bits per heavy atom. The predicted octanol–water partition coefficient (Wildman–Crippen LogP) is 2.59. The first-order valence-corrected chi connectivity index (χ1v) is 12.0.